The molecular weight excluding hydrogens is 175 g/mol. The van der Waals surface area contributed by atoms with Crippen LogP contribution in [0.1, 0.15) is 0 Å². The van der Waals surface area contributed by atoms with Gasteiger partial charge in [0.25, 0.3) is 0 Å². The Labute approximate surface area is 54.9 Å². The summed E-state index contributed by atoms with van der Waals surface area (Å²) in [4.78, 5) is 0. The van der Waals surface area contributed by atoms with Crippen molar-refractivity contribution in [3.05, 3.63) is 22.3 Å². The van der Waals surface area contributed by atoms with Crippen molar-refractivity contribution in [1.82, 2.24) is 0 Å². The fourth-order valence-corrected chi connectivity index (χ4v) is 0. The molecule has 0 aliphatic rings. The van der Waals surface area contributed by atoms with Gasteiger partial charge in [-0.3, -0.25) is 0 Å². The van der Waals surface area contributed by atoms with E-state index < -0.39 is 0 Å². The smallest absolute Gasteiger partial charge is 0 e. The molecule has 43 valence electrons. The van der Waals surface area contributed by atoms with Crippen molar-refractivity contribution in [3.63, 3.8) is 0 Å². The predicted molar refractivity (Wildman–Crippen MR) is 30.3 cm³/mol. The molecule has 0 amide bonds. The van der Waals surface area contributed by atoms with Crippen LogP contribution >= 0.6 is 9.90 Å². The molecule has 0 aliphatic carbocycles. The molecule has 0 saturated carbocycles. The summed E-state index contributed by atoms with van der Waals surface area (Å²) < 4.78 is 0. The molecule has 0 nitrogen and oxygen atoms in total. The van der Waals surface area contributed by atoms with Crippen LogP contribution in [0.25, 0.3) is 0 Å². The summed E-state index contributed by atoms with van der Waals surface area (Å²) in [6, 6.07) is 0. The monoisotopic (exact) mass is 186 g/mol. The molecule has 5 heavy (non-hydrogen) atoms. The molecule has 0 aromatic rings. The van der Waals surface area contributed by atoms with Crippen molar-refractivity contribution in [2.45, 2.75) is 0 Å². The first-order valence-electron chi connectivity index (χ1n) is 0. The van der Waals surface area contributed by atoms with Crippen molar-refractivity contribution in [2.24, 2.45) is 0 Å². The van der Waals surface area contributed by atoms with Gasteiger partial charge in [-0.25, -0.2) is 0 Å². The van der Waals surface area contributed by atoms with Gasteiger partial charge in [-0.1, -0.05) is 0 Å². The fourth-order valence-electron chi connectivity index (χ4n) is 0. The first-order chi connectivity index (χ1) is 0. The van der Waals surface area contributed by atoms with E-state index in [1.807, 2.05) is 0 Å². The van der Waals surface area contributed by atoms with Gasteiger partial charge in [0.1, 0.15) is 0 Å². The maximum atomic E-state index is 0. The summed E-state index contributed by atoms with van der Waals surface area (Å²) in [5.41, 5.74) is 0. The number of rotatable bonds is 0. The van der Waals surface area contributed by atoms with E-state index in [1.54, 1.807) is 0 Å². The van der Waals surface area contributed by atoms with Gasteiger partial charge in [0, 0.05) is 22.4 Å². The third kappa shape index (κ3) is 37.9. The molecular formula is C3H12AgP-3. The molecule has 1 atom stereocenters. The second kappa shape index (κ2) is 65.7. The second-order valence-electron chi connectivity index (χ2n) is 0. The van der Waals surface area contributed by atoms with Crippen LogP contribution in [-0.4, -0.2) is 0 Å². The van der Waals surface area contributed by atoms with E-state index in [0.717, 1.165) is 0 Å². The summed E-state index contributed by atoms with van der Waals surface area (Å²) in [6.45, 7) is 0. The maximum Gasteiger partial charge on any atom is 0 e. The second-order valence-corrected chi connectivity index (χ2v) is 0. The van der Waals surface area contributed by atoms with Gasteiger partial charge < -0.3 is 22.3 Å². The standard InChI is InChI=1S/3CH3.Ag.H3P/h3*1H3;;1H3/q3*-1;;. The Morgan fingerprint density at radius 2 is 0.600 bits per heavy atom. The zero-order valence-corrected chi connectivity index (χ0v) is 6.91. The molecule has 1 radical (unpaired) electrons. The van der Waals surface area contributed by atoms with E-state index in [1.165, 1.54) is 0 Å². The molecule has 0 bridgehead atoms. The van der Waals surface area contributed by atoms with Crippen molar-refractivity contribution < 1.29 is 22.4 Å². The average Bonchev–Trinajstić information content (AvgIpc) is 0. The largest absolute Gasteiger partial charge is 0.358 e. The Hall–Kier alpha value is 1.17. The molecule has 0 spiro atoms. The van der Waals surface area contributed by atoms with Crippen LogP contribution in [0, 0.1) is 22.3 Å². The van der Waals surface area contributed by atoms with Crippen LogP contribution in [0.2, 0.25) is 0 Å². The Morgan fingerprint density at radius 1 is 0.600 bits per heavy atom. The van der Waals surface area contributed by atoms with E-state index in [4.69, 9.17) is 0 Å². The topological polar surface area (TPSA) is 0 Å². The summed E-state index contributed by atoms with van der Waals surface area (Å²) in [7, 11) is 0. The molecule has 1 unspecified atom stereocenters. The minimum absolute atomic E-state index is 0. The molecule has 0 N–H and O–H groups in total. The first-order valence-corrected chi connectivity index (χ1v) is 0. The van der Waals surface area contributed by atoms with Crippen molar-refractivity contribution >= 4 is 9.90 Å². The van der Waals surface area contributed by atoms with Crippen LogP contribution in [0.3, 0.4) is 0 Å². The SMILES string of the molecule is P.[Ag].[CH3-].[CH3-].[CH3-]. The Morgan fingerprint density at radius 3 is 0.600 bits per heavy atom. The zero-order chi connectivity index (χ0) is 0. The molecule has 0 aromatic heterocycles. The van der Waals surface area contributed by atoms with Crippen molar-refractivity contribution in [1.29, 1.82) is 0 Å². The third-order valence-corrected chi connectivity index (χ3v) is 0. The Balaban J connectivity index is 0. The van der Waals surface area contributed by atoms with Gasteiger partial charge in [-0.05, 0) is 0 Å². The number of hydrogen-bond donors (Lipinski definition) is 0. The van der Waals surface area contributed by atoms with Crippen molar-refractivity contribution in [3.8, 4) is 0 Å². The van der Waals surface area contributed by atoms with E-state index in [2.05, 4.69) is 0 Å². The summed E-state index contributed by atoms with van der Waals surface area (Å²) >= 11 is 0. The van der Waals surface area contributed by atoms with Crippen molar-refractivity contribution in [2.75, 3.05) is 0 Å². The Bertz CT molecular complexity index is 6.85. The molecule has 2 heteroatoms. The van der Waals surface area contributed by atoms with E-state index >= 15 is 0 Å². The van der Waals surface area contributed by atoms with Crippen LogP contribution in [0.4, 0.5) is 0 Å². The fraction of sp³-hybridized carbons (Fsp3) is 0. The van der Waals surface area contributed by atoms with Gasteiger partial charge in [-0.15, -0.1) is 0 Å². The molecule has 0 heterocycles. The third-order valence-electron chi connectivity index (χ3n) is 0. The molecule has 0 rings (SSSR count). The van der Waals surface area contributed by atoms with E-state index in [0.29, 0.717) is 0 Å². The van der Waals surface area contributed by atoms with Gasteiger partial charge in [0.05, 0.1) is 0 Å². The van der Waals surface area contributed by atoms with Gasteiger partial charge in [-0.2, -0.15) is 9.90 Å². The number of hydrogen-bond acceptors (Lipinski definition) is 0. The quantitative estimate of drug-likeness (QED) is 0.305. The predicted octanol–water partition coefficient (Wildman–Crippen LogP) is 1.41. The maximum absolute atomic E-state index is 0. The zero-order valence-electron chi connectivity index (χ0n) is 4.01. The van der Waals surface area contributed by atoms with Crippen LogP contribution in [0.15, 0.2) is 0 Å². The normalized spacial score (nSPS) is 0. The van der Waals surface area contributed by atoms with Crippen LogP contribution < -0.4 is 0 Å². The van der Waals surface area contributed by atoms with E-state index in [-0.39, 0.29) is 54.6 Å². The molecule has 0 saturated heterocycles. The minimum Gasteiger partial charge on any atom is -0.358 e. The van der Waals surface area contributed by atoms with E-state index in [9.17, 15) is 0 Å². The summed E-state index contributed by atoms with van der Waals surface area (Å²) in [5, 5.41) is 0. The summed E-state index contributed by atoms with van der Waals surface area (Å²) in [5.74, 6) is 0. The van der Waals surface area contributed by atoms with Gasteiger partial charge >= 0.3 is 0 Å². The molecule has 0 aromatic carbocycles. The first kappa shape index (κ1) is 120. The molecule has 0 fully saturated rings. The summed E-state index contributed by atoms with van der Waals surface area (Å²) in [6.07, 6.45) is 0. The van der Waals surface area contributed by atoms with Crippen LogP contribution in [0.5, 0.6) is 0 Å². The molecule has 0 aliphatic heterocycles. The minimum atomic E-state index is 0. The van der Waals surface area contributed by atoms with Gasteiger partial charge in [0.15, 0.2) is 0 Å². The van der Waals surface area contributed by atoms with Crippen LogP contribution in [-0.2, 0) is 22.4 Å². The van der Waals surface area contributed by atoms with Gasteiger partial charge in [0.2, 0.25) is 0 Å². The average molecular weight is 187 g/mol. The Kier molecular flexibility index (Phi) is 1580.